The first-order valence-corrected chi connectivity index (χ1v) is 6.82. The van der Waals surface area contributed by atoms with Crippen molar-refractivity contribution in [1.82, 2.24) is 4.98 Å². The third-order valence-corrected chi connectivity index (χ3v) is 3.01. The quantitative estimate of drug-likeness (QED) is 0.500. The maximum atomic E-state index is 5.77. The highest BCUT2D eigenvalue weighted by Gasteiger charge is 2.02. The summed E-state index contributed by atoms with van der Waals surface area (Å²) in [4.78, 5) is 4.03. The Bertz CT molecular complexity index is 300. The summed E-state index contributed by atoms with van der Waals surface area (Å²) >= 11 is 5.72. The Morgan fingerprint density at radius 3 is 2.76 bits per heavy atom. The SMILES string of the molecule is CCCCCCC(C)OCc1ccc(Cl)nc1. The van der Waals surface area contributed by atoms with E-state index in [4.69, 9.17) is 16.3 Å². The van der Waals surface area contributed by atoms with Gasteiger partial charge in [-0.05, 0) is 25.0 Å². The summed E-state index contributed by atoms with van der Waals surface area (Å²) in [6.45, 7) is 4.99. The van der Waals surface area contributed by atoms with Gasteiger partial charge in [0.15, 0.2) is 0 Å². The number of nitrogens with zero attached hydrogens (tertiary/aromatic N) is 1. The highest BCUT2D eigenvalue weighted by molar-refractivity contribution is 6.29. The van der Waals surface area contributed by atoms with Crippen molar-refractivity contribution in [2.24, 2.45) is 0 Å². The zero-order valence-electron chi connectivity index (χ0n) is 10.8. The number of hydrogen-bond donors (Lipinski definition) is 0. The molecule has 0 aliphatic carbocycles. The van der Waals surface area contributed by atoms with Crippen LogP contribution in [0, 0.1) is 0 Å². The third kappa shape index (κ3) is 6.64. The van der Waals surface area contributed by atoms with Crippen LogP contribution < -0.4 is 0 Å². The number of unbranched alkanes of at least 4 members (excludes halogenated alkanes) is 3. The molecule has 0 saturated carbocycles. The Morgan fingerprint density at radius 1 is 1.29 bits per heavy atom. The second-order valence-corrected chi connectivity index (χ2v) is 4.85. The Balaban J connectivity index is 2.14. The van der Waals surface area contributed by atoms with E-state index in [-0.39, 0.29) is 0 Å². The Morgan fingerprint density at radius 2 is 2.12 bits per heavy atom. The summed E-state index contributed by atoms with van der Waals surface area (Å²) in [5.41, 5.74) is 1.08. The standard InChI is InChI=1S/C14H22ClNO/c1-3-4-5-6-7-12(2)17-11-13-8-9-14(15)16-10-13/h8-10,12H,3-7,11H2,1-2H3. The molecule has 1 rings (SSSR count). The summed E-state index contributed by atoms with van der Waals surface area (Å²) < 4.78 is 5.77. The van der Waals surface area contributed by atoms with Crippen LogP contribution in [0.2, 0.25) is 5.15 Å². The molecule has 1 heterocycles. The molecule has 0 bridgehead atoms. The van der Waals surface area contributed by atoms with Gasteiger partial charge >= 0.3 is 0 Å². The average Bonchev–Trinajstić information content (AvgIpc) is 2.34. The molecule has 2 nitrogen and oxygen atoms in total. The highest BCUT2D eigenvalue weighted by Crippen LogP contribution is 2.11. The molecule has 17 heavy (non-hydrogen) atoms. The minimum absolute atomic E-state index is 0.322. The lowest BCUT2D eigenvalue weighted by Gasteiger charge is -2.12. The topological polar surface area (TPSA) is 22.1 Å². The first-order chi connectivity index (χ1) is 8.22. The van der Waals surface area contributed by atoms with Crippen molar-refractivity contribution in [1.29, 1.82) is 0 Å². The van der Waals surface area contributed by atoms with Gasteiger partial charge < -0.3 is 4.74 Å². The lowest BCUT2D eigenvalue weighted by Crippen LogP contribution is -2.08. The Kier molecular flexibility index (Phi) is 7.22. The molecule has 0 spiro atoms. The molecular weight excluding hydrogens is 234 g/mol. The second kappa shape index (κ2) is 8.48. The lowest BCUT2D eigenvalue weighted by atomic mass is 10.1. The summed E-state index contributed by atoms with van der Waals surface area (Å²) in [5, 5.41) is 0.529. The fourth-order valence-corrected chi connectivity index (χ4v) is 1.78. The fraction of sp³-hybridized carbons (Fsp3) is 0.643. The van der Waals surface area contributed by atoms with Crippen molar-refractivity contribution in [3.05, 3.63) is 29.0 Å². The minimum atomic E-state index is 0.322. The maximum Gasteiger partial charge on any atom is 0.129 e. The van der Waals surface area contributed by atoms with E-state index < -0.39 is 0 Å². The van der Waals surface area contributed by atoms with E-state index in [1.165, 1.54) is 25.7 Å². The molecule has 0 amide bonds. The van der Waals surface area contributed by atoms with Crippen LogP contribution in [0.4, 0.5) is 0 Å². The molecule has 1 aromatic rings. The van der Waals surface area contributed by atoms with Gasteiger partial charge in [0.25, 0.3) is 0 Å². The van der Waals surface area contributed by atoms with Gasteiger partial charge in [-0.25, -0.2) is 4.98 Å². The third-order valence-electron chi connectivity index (χ3n) is 2.79. The molecule has 0 radical (unpaired) electrons. The molecule has 0 fully saturated rings. The molecule has 1 aromatic heterocycles. The van der Waals surface area contributed by atoms with Crippen LogP contribution in [0.25, 0.3) is 0 Å². The van der Waals surface area contributed by atoms with Crippen molar-refractivity contribution in [3.8, 4) is 0 Å². The molecule has 1 atom stereocenters. The molecular formula is C14H22ClNO. The first kappa shape index (κ1) is 14.5. The molecule has 3 heteroatoms. The number of halogens is 1. The van der Waals surface area contributed by atoms with Crippen LogP contribution in [0.1, 0.15) is 51.5 Å². The van der Waals surface area contributed by atoms with Crippen LogP contribution in [0.15, 0.2) is 18.3 Å². The van der Waals surface area contributed by atoms with Crippen LogP contribution in [0.3, 0.4) is 0 Å². The molecule has 0 aromatic carbocycles. The first-order valence-electron chi connectivity index (χ1n) is 6.44. The van der Waals surface area contributed by atoms with E-state index in [9.17, 15) is 0 Å². The normalized spacial score (nSPS) is 12.6. The van der Waals surface area contributed by atoms with Crippen molar-refractivity contribution < 1.29 is 4.74 Å². The van der Waals surface area contributed by atoms with Gasteiger partial charge in [-0.15, -0.1) is 0 Å². The number of hydrogen-bond acceptors (Lipinski definition) is 2. The van der Waals surface area contributed by atoms with Crippen LogP contribution >= 0.6 is 11.6 Å². The van der Waals surface area contributed by atoms with E-state index >= 15 is 0 Å². The number of aromatic nitrogens is 1. The van der Waals surface area contributed by atoms with Crippen LogP contribution in [-0.2, 0) is 11.3 Å². The molecule has 96 valence electrons. The van der Waals surface area contributed by atoms with Gasteiger partial charge in [0, 0.05) is 6.20 Å². The molecule has 0 aliphatic heterocycles. The Labute approximate surface area is 109 Å². The van der Waals surface area contributed by atoms with Crippen molar-refractivity contribution in [2.75, 3.05) is 0 Å². The van der Waals surface area contributed by atoms with Gasteiger partial charge in [-0.2, -0.15) is 0 Å². The van der Waals surface area contributed by atoms with Gasteiger partial charge in [0.2, 0.25) is 0 Å². The van der Waals surface area contributed by atoms with E-state index in [1.54, 1.807) is 12.3 Å². The fourth-order valence-electron chi connectivity index (χ4n) is 1.67. The van der Waals surface area contributed by atoms with Crippen LogP contribution in [-0.4, -0.2) is 11.1 Å². The molecule has 0 N–H and O–H groups in total. The number of rotatable bonds is 8. The van der Waals surface area contributed by atoms with E-state index in [0.717, 1.165) is 12.0 Å². The molecule has 1 unspecified atom stereocenters. The number of pyridine rings is 1. The van der Waals surface area contributed by atoms with E-state index in [0.29, 0.717) is 17.9 Å². The monoisotopic (exact) mass is 255 g/mol. The van der Waals surface area contributed by atoms with E-state index in [1.807, 2.05) is 6.07 Å². The largest absolute Gasteiger partial charge is 0.374 e. The van der Waals surface area contributed by atoms with Crippen molar-refractivity contribution in [2.45, 2.75) is 58.7 Å². The van der Waals surface area contributed by atoms with Crippen LogP contribution in [0.5, 0.6) is 0 Å². The average molecular weight is 256 g/mol. The number of ether oxygens (including phenoxy) is 1. The van der Waals surface area contributed by atoms with Gasteiger partial charge in [-0.3, -0.25) is 0 Å². The predicted molar refractivity (Wildman–Crippen MR) is 72.3 cm³/mol. The maximum absolute atomic E-state index is 5.77. The second-order valence-electron chi connectivity index (χ2n) is 4.46. The summed E-state index contributed by atoms with van der Waals surface area (Å²) in [7, 11) is 0. The van der Waals surface area contributed by atoms with Gasteiger partial charge in [-0.1, -0.05) is 50.3 Å². The predicted octanol–water partition coefficient (Wildman–Crippen LogP) is 4.61. The van der Waals surface area contributed by atoms with E-state index in [2.05, 4.69) is 18.8 Å². The van der Waals surface area contributed by atoms with Gasteiger partial charge in [0.1, 0.15) is 5.15 Å². The molecule has 0 saturated heterocycles. The lowest BCUT2D eigenvalue weighted by molar-refractivity contribution is 0.0457. The highest BCUT2D eigenvalue weighted by atomic mass is 35.5. The zero-order valence-corrected chi connectivity index (χ0v) is 11.5. The molecule has 0 aliphatic rings. The summed E-state index contributed by atoms with van der Waals surface area (Å²) in [5.74, 6) is 0. The van der Waals surface area contributed by atoms with Crippen molar-refractivity contribution in [3.63, 3.8) is 0 Å². The zero-order chi connectivity index (χ0) is 12.5. The van der Waals surface area contributed by atoms with Gasteiger partial charge in [0.05, 0.1) is 12.7 Å². The summed E-state index contributed by atoms with van der Waals surface area (Å²) in [6.07, 6.45) is 8.41. The minimum Gasteiger partial charge on any atom is -0.374 e. The smallest absolute Gasteiger partial charge is 0.129 e. The summed E-state index contributed by atoms with van der Waals surface area (Å²) in [6, 6.07) is 3.76. The Hall–Kier alpha value is -0.600. The van der Waals surface area contributed by atoms with Crippen molar-refractivity contribution >= 4 is 11.6 Å².